The van der Waals surface area contributed by atoms with Crippen molar-refractivity contribution in [1.29, 1.82) is 0 Å². The van der Waals surface area contributed by atoms with Crippen molar-refractivity contribution in [3.8, 4) is 5.69 Å². The van der Waals surface area contributed by atoms with E-state index in [0.717, 1.165) is 18.8 Å². The van der Waals surface area contributed by atoms with E-state index in [1.807, 2.05) is 36.1 Å². The van der Waals surface area contributed by atoms with Gasteiger partial charge in [0.15, 0.2) is 0 Å². The molecule has 1 aromatic carbocycles. The normalized spacial score (nSPS) is 10.8. The molecule has 3 aromatic rings. The lowest BCUT2D eigenvalue weighted by atomic mass is 10.3. The fourth-order valence-corrected chi connectivity index (χ4v) is 2.27. The molecule has 0 radical (unpaired) electrons. The van der Waals surface area contributed by atoms with E-state index in [1.54, 1.807) is 0 Å². The van der Waals surface area contributed by atoms with Gasteiger partial charge in [0.2, 0.25) is 0 Å². The molecular formula is C16H18N4. The minimum atomic E-state index is 0.844. The highest BCUT2D eigenvalue weighted by Gasteiger charge is 2.02. The summed E-state index contributed by atoms with van der Waals surface area (Å²) >= 11 is 0. The predicted molar refractivity (Wildman–Crippen MR) is 79.9 cm³/mol. The van der Waals surface area contributed by atoms with Crippen molar-refractivity contribution in [2.24, 2.45) is 0 Å². The molecule has 0 amide bonds. The van der Waals surface area contributed by atoms with Crippen LogP contribution in [0.25, 0.3) is 5.69 Å². The molecule has 4 nitrogen and oxygen atoms in total. The number of nitrogens with one attached hydrogen (secondary N) is 1. The van der Waals surface area contributed by atoms with Crippen LogP contribution in [0.5, 0.6) is 0 Å². The first-order chi connectivity index (χ1) is 9.85. The lowest BCUT2D eigenvalue weighted by Crippen LogP contribution is -2.04. The molecule has 0 atom stereocenters. The molecule has 0 aliphatic rings. The minimum Gasteiger partial charge on any atom is -0.349 e. The van der Waals surface area contributed by atoms with Crippen molar-refractivity contribution in [2.75, 3.05) is 7.05 Å². The van der Waals surface area contributed by atoms with Gasteiger partial charge in [-0.2, -0.15) is 5.10 Å². The molecule has 0 aliphatic carbocycles. The van der Waals surface area contributed by atoms with Gasteiger partial charge in [0.05, 0.1) is 18.4 Å². The summed E-state index contributed by atoms with van der Waals surface area (Å²) in [4.78, 5) is 0. The van der Waals surface area contributed by atoms with E-state index in [9.17, 15) is 0 Å². The third-order valence-electron chi connectivity index (χ3n) is 3.21. The fraction of sp³-hybridized carbons (Fsp3) is 0.188. The van der Waals surface area contributed by atoms with E-state index >= 15 is 0 Å². The van der Waals surface area contributed by atoms with Crippen LogP contribution in [0.2, 0.25) is 0 Å². The molecule has 102 valence electrons. The zero-order valence-corrected chi connectivity index (χ0v) is 11.5. The molecule has 0 fully saturated rings. The monoisotopic (exact) mass is 266 g/mol. The van der Waals surface area contributed by atoms with Crippen LogP contribution >= 0.6 is 0 Å². The minimum absolute atomic E-state index is 0.844. The first kappa shape index (κ1) is 12.7. The van der Waals surface area contributed by atoms with Crippen LogP contribution in [0.15, 0.2) is 61.2 Å². The quantitative estimate of drug-likeness (QED) is 0.769. The average Bonchev–Trinajstić information content (AvgIpc) is 3.11. The Hall–Kier alpha value is -2.33. The summed E-state index contributed by atoms with van der Waals surface area (Å²) < 4.78 is 4.09. The van der Waals surface area contributed by atoms with Gasteiger partial charge in [0.1, 0.15) is 0 Å². The maximum atomic E-state index is 4.42. The van der Waals surface area contributed by atoms with Gasteiger partial charge >= 0.3 is 0 Å². The van der Waals surface area contributed by atoms with E-state index in [1.165, 1.54) is 11.1 Å². The molecule has 3 rings (SSSR count). The molecular weight excluding hydrogens is 248 g/mol. The summed E-state index contributed by atoms with van der Waals surface area (Å²) in [6.07, 6.45) is 8.26. The average molecular weight is 266 g/mol. The molecule has 2 aromatic heterocycles. The van der Waals surface area contributed by atoms with E-state index in [-0.39, 0.29) is 0 Å². The highest BCUT2D eigenvalue weighted by Crippen LogP contribution is 2.10. The van der Waals surface area contributed by atoms with Gasteiger partial charge in [-0.05, 0) is 30.8 Å². The highest BCUT2D eigenvalue weighted by molar-refractivity contribution is 5.31. The van der Waals surface area contributed by atoms with Crippen LogP contribution in [0.3, 0.4) is 0 Å². The van der Waals surface area contributed by atoms with Gasteiger partial charge in [0, 0.05) is 30.7 Å². The van der Waals surface area contributed by atoms with E-state index in [0.29, 0.717) is 0 Å². The van der Waals surface area contributed by atoms with Crippen molar-refractivity contribution in [3.63, 3.8) is 0 Å². The Labute approximate surface area is 118 Å². The summed E-state index contributed by atoms with van der Waals surface area (Å²) in [5.74, 6) is 0. The summed E-state index contributed by atoms with van der Waals surface area (Å²) in [5, 5.41) is 7.57. The molecule has 0 bridgehead atoms. The topological polar surface area (TPSA) is 34.8 Å². The number of benzene rings is 1. The largest absolute Gasteiger partial charge is 0.349 e. The maximum Gasteiger partial charge on any atom is 0.0645 e. The molecule has 1 N–H and O–H groups in total. The number of hydrogen-bond acceptors (Lipinski definition) is 2. The molecule has 0 saturated heterocycles. The molecule has 0 saturated carbocycles. The van der Waals surface area contributed by atoms with Gasteiger partial charge in [-0.25, -0.2) is 4.68 Å². The van der Waals surface area contributed by atoms with E-state index < -0.39 is 0 Å². The first-order valence-electron chi connectivity index (χ1n) is 6.73. The Morgan fingerprint density at radius 2 is 1.90 bits per heavy atom. The van der Waals surface area contributed by atoms with Gasteiger partial charge in [-0.3, -0.25) is 0 Å². The lowest BCUT2D eigenvalue weighted by molar-refractivity contribution is 0.782. The molecule has 2 heterocycles. The fourth-order valence-electron chi connectivity index (χ4n) is 2.27. The second-order valence-electron chi connectivity index (χ2n) is 4.85. The standard InChI is InChI=1S/C16H18N4/c1-17-9-14-7-8-19(11-14)12-15-10-18-20(13-15)16-5-3-2-4-6-16/h2-8,10-11,13,17H,9,12H2,1H3. The smallest absolute Gasteiger partial charge is 0.0645 e. The second-order valence-corrected chi connectivity index (χ2v) is 4.85. The van der Waals surface area contributed by atoms with Crippen LogP contribution in [0, 0.1) is 0 Å². The number of nitrogens with zero attached hydrogens (tertiary/aromatic N) is 3. The van der Waals surface area contributed by atoms with Crippen molar-refractivity contribution in [2.45, 2.75) is 13.1 Å². The van der Waals surface area contributed by atoms with E-state index in [4.69, 9.17) is 0 Å². The van der Waals surface area contributed by atoms with Crippen molar-refractivity contribution in [1.82, 2.24) is 19.7 Å². The zero-order chi connectivity index (χ0) is 13.8. The van der Waals surface area contributed by atoms with Crippen LogP contribution in [0.4, 0.5) is 0 Å². The van der Waals surface area contributed by atoms with Gasteiger partial charge in [-0.15, -0.1) is 0 Å². The number of aromatic nitrogens is 3. The number of rotatable bonds is 5. The number of hydrogen-bond donors (Lipinski definition) is 1. The van der Waals surface area contributed by atoms with Crippen molar-refractivity contribution < 1.29 is 0 Å². The molecule has 0 unspecified atom stereocenters. The summed E-state index contributed by atoms with van der Waals surface area (Å²) in [6, 6.07) is 12.3. The SMILES string of the molecule is CNCc1ccn(Cc2cnn(-c3ccccc3)c2)c1. The Morgan fingerprint density at radius 1 is 1.05 bits per heavy atom. The predicted octanol–water partition coefficient (Wildman–Crippen LogP) is 2.44. The lowest BCUT2D eigenvalue weighted by Gasteiger charge is -2.01. The van der Waals surface area contributed by atoms with Crippen LogP contribution < -0.4 is 5.32 Å². The Kier molecular flexibility index (Phi) is 3.65. The van der Waals surface area contributed by atoms with Crippen LogP contribution in [0.1, 0.15) is 11.1 Å². The van der Waals surface area contributed by atoms with Crippen molar-refractivity contribution in [3.05, 3.63) is 72.3 Å². The Balaban J connectivity index is 1.73. The second kappa shape index (κ2) is 5.75. The summed E-state index contributed by atoms with van der Waals surface area (Å²) in [6.45, 7) is 1.74. The molecule has 20 heavy (non-hydrogen) atoms. The van der Waals surface area contributed by atoms with Crippen LogP contribution in [-0.2, 0) is 13.1 Å². The molecule has 4 heteroatoms. The third kappa shape index (κ3) is 2.81. The molecule has 0 aliphatic heterocycles. The van der Waals surface area contributed by atoms with E-state index in [2.05, 4.69) is 51.8 Å². The Bertz CT molecular complexity index is 667. The summed E-state index contributed by atoms with van der Waals surface area (Å²) in [5.41, 5.74) is 3.57. The zero-order valence-electron chi connectivity index (χ0n) is 11.5. The third-order valence-corrected chi connectivity index (χ3v) is 3.21. The van der Waals surface area contributed by atoms with Gasteiger partial charge in [-0.1, -0.05) is 18.2 Å². The maximum absolute atomic E-state index is 4.42. The Morgan fingerprint density at radius 3 is 2.70 bits per heavy atom. The number of para-hydroxylation sites is 1. The first-order valence-corrected chi connectivity index (χ1v) is 6.73. The highest BCUT2D eigenvalue weighted by atomic mass is 15.3. The molecule has 0 spiro atoms. The van der Waals surface area contributed by atoms with Crippen molar-refractivity contribution >= 4 is 0 Å². The van der Waals surface area contributed by atoms with Gasteiger partial charge < -0.3 is 9.88 Å². The van der Waals surface area contributed by atoms with Gasteiger partial charge in [0.25, 0.3) is 0 Å². The van der Waals surface area contributed by atoms with Crippen LogP contribution in [-0.4, -0.2) is 21.4 Å². The summed E-state index contributed by atoms with van der Waals surface area (Å²) in [7, 11) is 1.96.